The van der Waals surface area contributed by atoms with Crippen LogP contribution in [-0.4, -0.2) is 54.2 Å². The van der Waals surface area contributed by atoms with Crippen molar-refractivity contribution in [1.82, 2.24) is 9.80 Å². The third kappa shape index (κ3) is 3.07. The molecule has 2 heterocycles. The zero-order chi connectivity index (χ0) is 14.8. The Labute approximate surface area is 127 Å². The average Bonchev–Trinajstić information content (AvgIpc) is 2.75. The van der Waals surface area contributed by atoms with Gasteiger partial charge in [0.15, 0.2) is 0 Å². The van der Waals surface area contributed by atoms with Crippen LogP contribution in [0, 0.1) is 0 Å². The maximum atomic E-state index is 9.34. The van der Waals surface area contributed by atoms with E-state index in [1.165, 1.54) is 24.8 Å². The van der Waals surface area contributed by atoms with Gasteiger partial charge in [-0.2, -0.15) is 0 Å². The molecule has 116 valence electrons. The van der Waals surface area contributed by atoms with Crippen LogP contribution in [0.25, 0.3) is 0 Å². The SMILES string of the molecule is COc1ccc(CO)cc1CN1CCC2CCC(C1)N2C. The van der Waals surface area contributed by atoms with E-state index in [0.717, 1.165) is 37.0 Å². The van der Waals surface area contributed by atoms with Gasteiger partial charge in [0.25, 0.3) is 0 Å². The van der Waals surface area contributed by atoms with Crippen LogP contribution >= 0.6 is 0 Å². The first-order valence-electron chi connectivity index (χ1n) is 7.92. The van der Waals surface area contributed by atoms with E-state index >= 15 is 0 Å². The summed E-state index contributed by atoms with van der Waals surface area (Å²) in [6.45, 7) is 3.29. The van der Waals surface area contributed by atoms with E-state index < -0.39 is 0 Å². The molecule has 4 nitrogen and oxygen atoms in total. The van der Waals surface area contributed by atoms with Crippen LogP contribution in [0.15, 0.2) is 18.2 Å². The fourth-order valence-electron chi connectivity index (χ4n) is 3.82. The van der Waals surface area contributed by atoms with Crippen LogP contribution in [0.3, 0.4) is 0 Å². The Balaban J connectivity index is 1.74. The zero-order valence-electron chi connectivity index (χ0n) is 13.1. The van der Waals surface area contributed by atoms with E-state index in [1.54, 1.807) is 7.11 Å². The second-order valence-corrected chi connectivity index (χ2v) is 6.38. The minimum absolute atomic E-state index is 0.0877. The van der Waals surface area contributed by atoms with Crippen molar-refractivity contribution in [3.63, 3.8) is 0 Å². The molecule has 1 N–H and O–H groups in total. The second kappa shape index (κ2) is 6.34. The van der Waals surface area contributed by atoms with Crippen LogP contribution in [-0.2, 0) is 13.2 Å². The van der Waals surface area contributed by atoms with Gasteiger partial charge in [-0.05, 0) is 44.0 Å². The molecule has 2 aliphatic rings. The third-order valence-corrected chi connectivity index (χ3v) is 5.15. The molecular formula is C17H26N2O2. The fourth-order valence-corrected chi connectivity index (χ4v) is 3.82. The van der Waals surface area contributed by atoms with Gasteiger partial charge < -0.3 is 9.84 Å². The molecule has 0 radical (unpaired) electrons. The molecule has 4 heteroatoms. The highest BCUT2D eigenvalue weighted by Gasteiger charge is 2.34. The van der Waals surface area contributed by atoms with Crippen molar-refractivity contribution in [2.45, 2.75) is 44.5 Å². The maximum absolute atomic E-state index is 9.34. The lowest BCUT2D eigenvalue weighted by molar-refractivity contribution is 0.213. The van der Waals surface area contributed by atoms with Gasteiger partial charge in [0.1, 0.15) is 5.75 Å². The van der Waals surface area contributed by atoms with Crippen LogP contribution in [0.1, 0.15) is 30.4 Å². The number of rotatable bonds is 4. The van der Waals surface area contributed by atoms with Gasteiger partial charge >= 0.3 is 0 Å². The summed E-state index contributed by atoms with van der Waals surface area (Å²) in [5.41, 5.74) is 2.14. The summed E-state index contributed by atoms with van der Waals surface area (Å²) < 4.78 is 5.48. The van der Waals surface area contributed by atoms with E-state index in [1.807, 2.05) is 12.1 Å². The molecule has 0 aliphatic carbocycles. The highest BCUT2D eigenvalue weighted by Crippen LogP contribution is 2.30. The van der Waals surface area contributed by atoms with Gasteiger partial charge in [-0.25, -0.2) is 0 Å². The largest absolute Gasteiger partial charge is 0.496 e. The van der Waals surface area contributed by atoms with Crippen LogP contribution < -0.4 is 4.74 Å². The Morgan fingerprint density at radius 2 is 2.05 bits per heavy atom. The van der Waals surface area contributed by atoms with Crippen molar-refractivity contribution in [3.05, 3.63) is 29.3 Å². The monoisotopic (exact) mass is 290 g/mol. The standard InChI is InChI=1S/C17H26N2O2/c1-18-15-4-5-16(18)11-19(8-7-15)10-14-9-13(12-20)3-6-17(14)21-2/h3,6,9,15-16,20H,4-5,7-8,10-12H2,1-2H3. The van der Waals surface area contributed by atoms with Gasteiger partial charge in [0, 0.05) is 37.3 Å². The van der Waals surface area contributed by atoms with Crippen molar-refractivity contribution >= 4 is 0 Å². The lowest BCUT2D eigenvalue weighted by atomic mass is 10.1. The first-order chi connectivity index (χ1) is 10.2. The second-order valence-electron chi connectivity index (χ2n) is 6.38. The molecule has 0 spiro atoms. The first-order valence-corrected chi connectivity index (χ1v) is 7.92. The molecule has 2 saturated heterocycles. The molecule has 1 aromatic carbocycles. The van der Waals surface area contributed by atoms with Crippen molar-refractivity contribution in [1.29, 1.82) is 0 Å². The molecule has 0 aromatic heterocycles. The maximum Gasteiger partial charge on any atom is 0.123 e. The number of aliphatic hydroxyl groups is 1. The highest BCUT2D eigenvalue weighted by molar-refractivity contribution is 5.37. The quantitative estimate of drug-likeness (QED) is 0.918. The molecule has 2 atom stereocenters. The number of hydrogen-bond acceptors (Lipinski definition) is 4. The summed E-state index contributed by atoms with van der Waals surface area (Å²) in [4.78, 5) is 5.11. The van der Waals surface area contributed by atoms with E-state index in [2.05, 4.69) is 22.9 Å². The van der Waals surface area contributed by atoms with Crippen molar-refractivity contribution < 1.29 is 9.84 Å². The van der Waals surface area contributed by atoms with Crippen molar-refractivity contribution in [2.75, 3.05) is 27.2 Å². The average molecular weight is 290 g/mol. The molecule has 2 fully saturated rings. The predicted molar refractivity (Wildman–Crippen MR) is 83.4 cm³/mol. The Hall–Kier alpha value is -1.10. The Morgan fingerprint density at radius 3 is 2.81 bits per heavy atom. The number of fused-ring (bicyclic) bond motifs is 2. The summed E-state index contributed by atoms with van der Waals surface area (Å²) in [5, 5.41) is 9.34. The summed E-state index contributed by atoms with van der Waals surface area (Å²) in [7, 11) is 3.99. The molecule has 2 unspecified atom stereocenters. The molecular weight excluding hydrogens is 264 g/mol. The third-order valence-electron chi connectivity index (χ3n) is 5.15. The molecule has 0 saturated carbocycles. The minimum Gasteiger partial charge on any atom is -0.496 e. The van der Waals surface area contributed by atoms with Gasteiger partial charge in [-0.1, -0.05) is 6.07 Å². The van der Waals surface area contributed by atoms with Gasteiger partial charge in [-0.3, -0.25) is 9.80 Å². The first kappa shape index (κ1) is 14.8. The molecule has 21 heavy (non-hydrogen) atoms. The van der Waals surface area contributed by atoms with Crippen LogP contribution in [0.2, 0.25) is 0 Å². The number of benzene rings is 1. The number of methoxy groups -OCH3 is 1. The Bertz CT molecular complexity index is 492. The number of ether oxygens (including phenoxy) is 1. The van der Waals surface area contributed by atoms with Crippen LogP contribution in [0.4, 0.5) is 0 Å². The summed E-state index contributed by atoms with van der Waals surface area (Å²) in [5.74, 6) is 0.926. The van der Waals surface area contributed by atoms with E-state index in [0.29, 0.717) is 6.04 Å². The fraction of sp³-hybridized carbons (Fsp3) is 0.647. The van der Waals surface area contributed by atoms with Gasteiger partial charge in [-0.15, -0.1) is 0 Å². The molecule has 1 aromatic rings. The lowest BCUT2D eigenvalue weighted by Crippen LogP contribution is -2.36. The zero-order valence-corrected chi connectivity index (χ0v) is 13.1. The van der Waals surface area contributed by atoms with Crippen molar-refractivity contribution in [3.8, 4) is 5.75 Å². The minimum atomic E-state index is 0.0877. The summed E-state index contributed by atoms with van der Waals surface area (Å²) in [6.07, 6.45) is 3.94. The van der Waals surface area contributed by atoms with Crippen molar-refractivity contribution in [2.24, 2.45) is 0 Å². The van der Waals surface area contributed by atoms with E-state index in [4.69, 9.17) is 4.74 Å². The number of aliphatic hydroxyl groups excluding tert-OH is 1. The Morgan fingerprint density at radius 1 is 1.24 bits per heavy atom. The summed E-state index contributed by atoms with van der Waals surface area (Å²) >= 11 is 0. The Kier molecular flexibility index (Phi) is 4.48. The molecule has 0 amide bonds. The van der Waals surface area contributed by atoms with E-state index in [9.17, 15) is 5.11 Å². The number of likely N-dealkylation sites (N-methyl/N-ethyl adjacent to an activating group) is 1. The number of nitrogens with zero attached hydrogens (tertiary/aromatic N) is 2. The highest BCUT2D eigenvalue weighted by atomic mass is 16.5. The van der Waals surface area contributed by atoms with Crippen LogP contribution in [0.5, 0.6) is 5.75 Å². The molecule has 2 aliphatic heterocycles. The van der Waals surface area contributed by atoms with E-state index in [-0.39, 0.29) is 6.61 Å². The number of hydrogen-bond donors (Lipinski definition) is 1. The normalized spacial score (nSPS) is 26.8. The lowest BCUT2D eigenvalue weighted by Gasteiger charge is -2.26. The predicted octanol–water partition coefficient (Wildman–Crippen LogP) is 1.86. The number of likely N-dealkylation sites (tertiary alicyclic amines) is 1. The topological polar surface area (TPSA) is 35.9 Å². The smallest absolute Gasteiger partial charge is 0.123 e. The van der Waals surface area contributed by atoms with Gasteiger partial charge in [0.05, 0.1) is 13.7 Å². The molecule has 2 bridgehead atoms. The van der Waals surface area contributed by atoms with Gasteiger partial charge in [0.2, 0.25) is 0 Å². The summed E-state index contributed by atoms with van der Waals surface area (Å²) in [6, 6.07) is 7.44. The molecule has 3 rings (SSSR count).